The van der Waals surface area contributed by atoms with Gasteiger partial charge in [-0.15, -0.1) is 0 Å². The van der Waals surface area contributed by atoms with E-state index in [-0.39, 0.29) is 11.5 Å². The van der Waals surface area contributed by atoms with Gasteiger partial charge in [0.15, 0.2) is 0 Å². The van der Waals surface area contributed by atoms with Crippen LogP contribution in [-0.2, 0) is 9.59 Å². The number of ether oxygens (including phenoxy) is 1. The number of primary amides is 1. The quantitative estimate of drug-likeness (QED) is 0.425. The highest BCUT2D eigenvalue weighted by Crippen LogP contribution is 2.15. The molecule has 0 saturated heterocycles. The number of esters is 1. The number of rotatable bonds is 3. The number of nitrogens with two attached hydrogens (primary N) is 1. The zero-order valence-corrected chi connectivity index (χ0v) is 7.71. The van der Waals surface area contributed by atoms with Crippen LogP contribution >= 0.6 is 0 Å². The molecule has 0 spiro atoms. The van der Waals surface area contributed by atoms with E-state index in [1.807, 2.05) is 0 Å². The molecule has 0 aliphatic carbocycles. The first kappa shape index (κ1) is 10.8. The summed E-state index contributed by atoms with van der Waals surface area (Å²) in [6.07, 6.45) is 1.83. The van der Waals surface area contributed by atoms with Crippen LogP contribution in [0.2, 0.25) is 0 Å². The third-order valence-corrected chi connectivity index (χ3v) is 1.44. The molecule has 0 aromatic heterocycles. The average Bonchev–Trinajstić information content (AvgIpc) is 2.19. The van der Waals surface area contributed by atoms with Crippen LogP contribution in [0.25, 0.3) is 0 Å². The highest BCUT2D eigenvalue weighted by Gasteiger charge is 2.00. The lowest BCUT2D eigenvalue weighted by Crippen LogP contribution is -2.09. The Kier molecular flexibility index (Phi) is 3.45. The number of benzene rings is 1. The van der Waals surface area contributed by atoms with Crippen molar-refractivity contribution < 1.29 is 19.4 Å². The number of phenolic OH excluding ortho intramolecular Hbond substituents is 1. The Bertz CT molecular complexity index is 394. The summed E-state index contributed by atoms with van der Waals surface area (Å²) < 4.78 is 4.78. The van der Waals surface area contributed by atoms with Crippen LogP contribution in [0, 0.1) is 0 Å². The molecule has 0 radical (unpaired) electrons. The Balaban J connectivity index is 2.59. The van der Waals surface area contributed by atoms with Crippen LogP contribution in [-0.4, -0.2) is 17.0 Å². The Morgan fingerprint density at radius 2 is 1.80 bits per heavy atom. The van der Waals surface area contributed by atoms with Gasteiger partial charge in [-0.3, -0.25) is 4.79 Å². The molecule has 1 amide bonds. The Morgan fingerprint density at radius 3 is 2.33 bits per heavy atom. The zero-order valence-electron chi connectivity index (χ0n) is 7.71. The smallest absolute Gasteiger partial charge is 0.336 e. The topological polar surface area (TPSA) is 89.6 Å². The van der Waals surface area contributed by atoms with Crippen LogP contribution in [0.3, 0.4) is 0 Å². The second-order valence-corrected chi connectivity index (χ2v) is 2.65. The van der Waals surface area contributed by atoms with Gasteiger partial charge in [-0.1, -0.05) is 0 Å². The highest BCUT2D eigenvalue weighted by atomic mass is 16.5. The van der Waals surface area contributed by atoms with Crippen molar-refractivity contribution in [3.63, 3.8) is 0 Å². The molecule has 0 heterocycles. The molecular formula is C10H9NO4. The molecule has 3 N–H and O–H groups in total. The maximum absolute atomic E-state index is 11.0. The van der Waals surface area contributed by atoms with E-state index < -0.39 is 11.9 Å². The molecule has 0 saturated carbocycles. The second kappa shape index (κ2) is 4.80. The summed E-state index contributed by atoms with van der Waals surface area (Å²) in [5.74, 6) is -1.09. The Hall–Kier alpha value is -2.30. The van der Waals surface area contributed by atoms with E-state index in [4.69, 9.17) is 15.6 Å². The van der Waals surface area contributed by atoms with Crippen LogP contribution in [0.15, 0.2) is 36.4 Å². The van der Waals surface area contributed by atoms with Gasteiger partial charge in [0.25, 0.3) is 0 Å². The molecule has 0 unspecified atom stereocenters. The standard InChI is InChI=1S/C10H9NO4/c11-9(13)5-6-10(14)15-8-3-1-7(12)2-4-8/h1-6,12H,(H2,11,13)/b6-5-. The fraction of sp³-hybridized carbons (Fsp3) is 0. The van der Waals surface area contributed by atoms with Gasteiger partial charge in [-0.25, -0.2) is 4.79 Å². The van der Waals surface area contributed by atoms with Gasteiger partial charge in [-0.2, -0.15) is 0 Å². The van der Waals surface area contributed by atoms with Crippen molar-refractivity contribution in [2.24, 2.45) is 5.73 Å². The van der Waals surface area contributed by atoms with Crippen molar-refractivity contribution in [3.8, 4) is 11.5 Å². The number of carbonyl (C=O) groups is 2. The van der Waals surface area contributed by atoms with Crippen LogP contribution in [0.4, 0.5) is 0 Å². The summed E-state index contributed by atoms with van der Waals surface area (Å²) in [5.41, 5.74) is 4.79. The molecule has 0 fully saturated rings. The molecule has 15 heavy (non-hydrogen) atoms. The van der Waals surface area contributed by atoms with Crippen molar-refractivity contribution in [2.45, 2.75) is 0 Å². The predicted octanol–water partition coefficient (Wildman–Crippen LogP) is 0.339. The molecule has 0 aliphatic heterocycles. The third-order valence-electron chi connectivity index (χ3n) is 1.44. The fourth-order valence-electron chi connectivity index (χ4n) is 0.815. The van der Waals surface area contributed by atoms with Crippen molar-refractivity contribution in [1.29, 1.82) is 0 Å². The van der Waals surface area contributed by atoms with E-state index in [0.717, 1.165) is 12.2 Å². The van der Waals surface area contributed by atoms with Crippen molar-refractivity contribution in [3.05, 3.63) is 36.4 Å². The summed E-state index contributed by atoms with van der Waals surface area (Å²) in [6, 6.07) is 5.59. The second-order valence-electron chi connectivity index (χ2n) is 2.65. The Labute approximate surface area is 85.8 Å². The summed E-state index contributed by atoms with van der Waals surface area (Å²) >= 11 is 0. The van der Waals surface area contributed by atoms with Gasteiger partial charge in [0, 0.05) is 12.2 Å². The normalized spacial score (nSPS) is 10.1. The number of hydrogen-bond donors (Lipinski definition) is 2. The van der Waals surface area contributed by atoms with Gasteiger partial charge < -0.3 is 15.6 Å². The zero-order chi connectivity index (χ0) is 11.3. The monoisotopic (exact) mass is 207 g/mol. The van der Waals surface area contributed by atoms with Crippen molar-refractivity contribution in [1.82, 2.24) is 0 Å². The molecule has 78 valence electrons. The first-order chi connectivity index (χ1) is 7.08. The van der Waals surface area contributed by atoms with Crippen LogP contribution < -0.4 is 10.5 Å². The molecule has 0 atom stereocenters. The van der Waals surface area contributed by atoms with E-state index in [9.17, 15) is 9.59 Å². The van der Waals surface area contributed by atoms with Crippen molar-refractivity contribution in [2.75, 3.05) is 0 Å². The minimum atomic E-state index is -0.724. The van der Waals surface area contributed by atoms with Gasteiger partial charge in [0.05, 0.1) is 0 Å². The molecular weight excluding hydrogens is 198 g/mol. The predicted molar refractivity (Wildman–Crippen MR) is 52.1 cm³/mol. The van der Waals surface area contributed by atoms with Gasteiger partial charge >= 0.3 is 5.97 Å². The lowest BCUT2D eigenvalue weighted by atomic mass is 10.3. The SMILES string of the molecule is NC(=O)/C=C\C(=O)Oc1ccc(O)cc1. The summed E-state index contributed by atoms with van der Waals surface area (Å²) in [4.78, 5) is 21.3. The lowest BCUT2D eigenvalue weighted by molar-refractivity contribution is -0.129. The summed E-state index contributed by atoms with van der Waals surface area (Å²) in [6.45, 7) is 0. The molecule has 0 aliphatic rings. The van der Waals surface area contributed by atoms with E-state index in [0.29, 0.717) is 0 Å². The van der Waals surface area contributed by atoms with E-state index >= 15 is 0 Å². The number of aromatic hydroxyl groups is 1. The van der Waals surface area contributed by atoms with E-state index in [1.54, 1.807) is 0 Å². The van der Waals surface area contributed by atoms with Gasteiger partial charge in [0.1, 0.15) is 11.5 Å². The first-order valence-electron chi connectivity index (χ1n) is 4.06. The lowest BCUT2D eigenvalue weighted by Gasteiger charge is -2.00. The fourth-order valence-corrected chi connectivity index (χ4v) is 0.815. The molecule has 0 bridgehead atoms. The summed E-state index contributed by atoms with van der Waals surface area (Å²) in [5, 5.41) is 8.95. The first-order valence-corrected chi connectivity index (χ1v) is 4.06. The molecule has 1 rings (SSSR count). The van der Waals surface area contributed by atoms with Gasteiger partial charge in [0.2, 0.25) is 5.91 Å². The number of hydrogen-bond acceptors (Lipinski definition) is 4. The molecule has 5 nitrogen and oxygen atoms in total. The molecule has 1 aromatic carbocycles. The average molecular weight is 207 g/mol. The minimum Gasteiger partial charge on any atom is -0.508 e. The Morgan fingerprint density at radius 1 is 1.20 bits per heavy atom. The van der Waals surface area contributed by atoms with Crippen LogP contribution in [0.5, 0.6) is 11.5 Å². The molecule has 5 heteroatoms. The van der Waals surface area contributed by atoms with Crippen LogP contribution in [0.1, 0.15) is 0 Å². The third kappa shape index (κ3) is 3.95. The summed E-state index contributed by atoms with van der Waals surface area (Å²) in [7, 11) is 0. The maximum Gasteiger partial charge on any atom is 0.336 e. The number of amides is 1. The van der Waals surface area contributed by atoms with Gasteiger partial charge in [-0.05, 0) is 24.3 Å². The van der Waals surface area contributed by atoms with Crippen molar-refractivity contribution >= 4 is 11.9 Å². The number of carbonyl (C=O) groups excluding carboxylic acids is 2. The minimum absolute atomic E-state index is 0.0717. The maximum atomic E-state index is 11.0. The highest BCUT2D eigenvalue weighted by molar-refractivity contribution is 5.94. The largest absolute Gasteiger partial charge is 0.508 e. The van der Waals surface area contributed by atoms with E-state index in [1.165, 1.54) is 24.3 Å². The number of phenols is 1. The molecule has 1 aromatic rings. The van der Waals surface area contributed by atoms with E-state index in [2.05, 4.69) is 0 Å².